The number of likely N-dealkylation sites (tertiary alicyclic amines) is 1. The van der Waals surface area contributed by atoms with Crippen LogP contribution >= 0.6 is 23.1 Å². The number of aliphatic carboxylic acids is 1. The second-order valence-corrected chi connectivity index (χ2v) is 7.84. The van der Waals surface area contributed by atoms with Crippen molar-refractivity contribution in [3.63, 3.8) is 0 Å². The standard InChI is InChI=1S/C18H19NO3S2/c20-17(19-9-3-5-13(11-19)18(21)22)15-7-1-2-8-16(15)24-12-14-6-4-10-23-14/h1-2,4,6-8,10,13H,3,5,9,11-12H2,(H,21,22). The molecular weight excluding hydrogens is 342 g/mol. The molecule has 0 bridgehead atoms. The van der Waals surface area contributed by atoms with Crippen LogP contribution in [0.2, 0.25) is 0 Å². The Hall–Kier alpha value is -1.79. The summed E-state index contributed by atoms with van der Waals surface area (Å²) >= 11 is 3.36. The summed E-state index contributed by atoms with van der Waals surface area (Å²) < 4.78 is 0. The number of rotatable bonds is 5. The minimum absolute atomic E-state index is 0.0600. The lowest BCUT2D eigenvalue weighted by Crippen LogP contribution is -2.42. The van der Waals surface area contributed by atoms with E-state index < -0.39 is 11.9 Å². The zero-order valence-electron chi connectivity index (χ0n) is 13.2. The van der Waals surface area contributed by atoms with Crippen LogP contribution < -0.4 is 0 Å². The summed E-state index contributed by atoms with van der Waals surface area (Å²) in [4.78, 5) is 28.0. The third-order valence-electron chi connectivity index (χ3n) is 4.13. The number of thioether (sulfide) groups is 1. The van der Waals surface area contributed by atoms with Crippen molar-refractivity contribution in [2.75, 3.05) is 13.1 Å². The van der Waals surface area contributed by atoms with E-state index in [1.54, 1.807) is 28.0 Å². The molecule has 1 atom stereocenters. The molecule has 6 heteroatoms. The molecule has 0 saturated carbocycles. The SMILES string of the molecule is O=C(O)C1CCCN(C(=O)c2ccccc2SCc2cccs2)C1. The van der Waals surface area contributed by atoms with Gasteiger partial charge in [0.1, 0.15) is 0 Å². The number of carboxylic acid groups (broad SMARTS) is 1. The molecule has 1 aromatic heterocycles. The van der Waals surface area contributed by atoms with Gasteiger partial charge in [-0.1, -0.05) is 18.2 Å². The normalized spacial score (nSPS) is 17.7. The molecule has 2 aromatic rings. The topological polar surface area (TPSA) is 57.6 Å². The molecule has 1 aliphatic heterocycles. The molecule has 24 heavy (non-hydrogen) atoms. The van der Waals surface area contributed by atoms with E-state index >= 15 is 0 Å². The molecule has 1 N–H and O–H groups in total. The van der Waals surface area contributed by atoms with E-state index in [4.69, 9.17) is 0 Å². The molecule has 1 aliphatic rings. The first-order valence-electron chi connectivity index (χ1n) is 7.91. The van der Waals surface area contributed by atoms with Gasteiger partial charge in [0, 0.05) is 28.6 Å². The van der Waals surface area contributed by atoms with Gasteiger partial charge in [-0.25, -0.2) is 0 Å². The highest BCUT2D eigenvalue weighted by atomic mass is 32.2. The highest BCUT2D eigenvalue weighted by Gasteiger charge is 2.29. The molecule has 2 heterocycles. The molecule has 1 unspecified atom stereocenters. The van der Waals surface area contributed by atoms with Crippen molar-refractivity contribution in [2.24, 2.45) is 5.92 Å². The third kappa shape index (κ3) is 3.99. The third-order valence-corrected chi connectivity index (χ3v) is 6.31. The summed E-state index contributed by atoms with van der Waals surface area (Å²) in [6.45, 7) is 0.935. The number of hydrogen-bond acceptors (Lipinski definition) is 4. The predicted octanol–water partition coefficient (Wildman–Crippen LogP) is 3.98. The van der Waals surface area contributed by atoms with E-state index in [-0.39, 0.29) is 5.91 Å². The van der Waals surface area contributed by atoms with E-state index in [0.29, 0.717) is 25.1 Å². The molecule has 0 aliphatic carbocycles. The number of carbonyl (C=O) groups is 2. The van der Waals surface area contributed by atoms with Crippen LogP contribution in [0.15, 0.2) is 46.7 Å². The van der Waals surface area contributed by atoms with Crippen LogP contribution in [0, 0.1) is 5.92 Å². The van der Waals surface area contributed by atoms with E-state index in [2.05, 4.69) is 6.07 Å². The van der Waals surface area contributed by atoms with Crippen LogP contribution in [0.5, 0.6) is 0 Å². The van der Waals surface area contributed by atoms with Crippen LogP contribution in [0.25, 0.3) is 0 Å². The Labute approximate surface area is 149 Å². The predicted molar refractivity (Wildman–Crippen MR) is 96.6 cm³/mol. The number of amides is 1. The van der Waals surface area contributed by atoms with Gasteiger partial charge in [-0.2, -0.15) is 0 Å². The minimum Gasteiger partial charge on any atom is -0.481 e. The maximum absolute atomic E-state index is 12.9. The molecule has 126 valence electrons. The van der Waals surface area contributed by atoms with Crippen molar-refractivity contribution in [1.82, 2.24) is 4.90 Å². The van der Waals surface area contributed by atoms with Crippen molar-refractivity contribution in [2.45, 2.75) is 23.5 Å². The van der Waals surface area contributed by atoms with E-state index in [9.17, 15) is 14.7 Å². The number of hydrogen-bond donors (Lipinski definition) is 1. The number of thiophene rings is 1. The number of carbonyl (C=O) groups excluding carboxylic acids is 1. The fourth-order valence-corrected chi connectivity index (χ4v) is 4.66. The van der Waals surface area contributed by atoms with Crippen molar-refractivity contribution < 1.29 is 14.7 Å². The molecule has 3 rings (SSSR count). The van der Waals surface area contributed by atoms with Crippen molar-refractivity contribution >= 4 is 35.0 Å². The number of benzene rings is 1. The average Bonchev–Trinajstić information content (AvgIpc) is 3.13. The van der Waals surface area contributed by atoms with Crippen LogP contribution in [0.3, 0.4) is 0 Å². The largest absolute Gasteiger partial charge is 0.481 e. The van der Waals surface area contributed by atoms with Crippen molar-refractivity contribution in [3.05, 3.63) is 52.2 Å². The summed E-state index contributed by atoms with van der Waals surface area (Å²) in [6.07, 6.45) is 1.39. The maximum atomic E-state index is 12.9. The average molecular weight is 361 g/mol. The molecule has 1 saturated heterocycles. The first-order chi connectivity index (χ1) is 11.6. The van der Waals surface area contributed by atoms with Crippen molar-refractivity contribution in [3.8, 4) is 0 Å². The molecule has 1 amide bonds. The van der Waals surface area contributed by atoms with Crippen LogP contribution in [-0.4, -0.2) is 35.0 Å². The molecule has 4 nitrogen and oxygen atoms in total. The highest BCUT2D eigenvalue weighted by Crippen LogP contribution is 2.29. The van der Waals surface area contributed by atoms with Gasteiger partial charge in [0.25, 0.3) is 5.91 Å². The fraction of sp³-hybridized carbons (Fsp3) is 0.333. The number of piperidine rings is 1. The highest BCUT2D eigenvalue weighted by molar-refractivity contribution is 7.98. The van der Waals surface area contributed by atoms with Gasteiger partial charge >= 0.3 is 5.97 Å². The quantitative estimate of drug-likeness (QED) is 0.819. The zero-order chi connectivity index (χ0) is 16.9. The Balaban J connectivity index is 1.73. The van der Waals surface area contributed by atoms with Gasteiger partial charge in [-0.15, -0.1) is 23.1 Å². The van der Waals surface area contributed by atoms with Gasteiger partial charge in [0.15, 0.2) is 0 Å². The number of nitrogens with zero attached hydrogens (tertiary/aromatic N) is 1. The fourth-order valence-electron chi connectivity index (χ4n) is 2.85. The van der Waals surface area contributed by atoms with E-state index in [1.807, 2.05) is 35.7 Å². The van der Waals surface area contributed by atoms with E-state index in [0.717, 1.165) is 17.1 Å². The molecule has 1 aromatic carbocycles. The summed E-state index contributed by atoms with van der Waals surface area (Å²) in [7, 11) is 0. The molecule has 0 spiro atoms. The van der Waals surface area contributed by atoms with Gasteiger partial charge in [-0.3, -0.25) is 9.59 Å². The lowest BCUT2D eigenvalue weighted by molar-refractivity contribution is -0.143. The Morgan fingerprint density at radius 1 is 1.25 bits per heavy atom. The Morgan fingerprint density at radius 3 is 2.83 bits per heavy atom. The van der Waals surface area contributed by atoms with Crippen molar-refractivity contribution in [1.29, 1.82) is 0 Å². The Morgan fingerprint density at radius 2 is 2.08 bits per heavy atom. The summed E-state index contributed by atoms with van der Waals surface area (Å²) in [5.41, 5.74) is 0.671. The maximum Gasteiger partial charge on any atom is 0.308 e. The summed E-state index contributed by atoms with van der Waals surface area (Å²) in [5.74, 6) is -0.489. The summed E-state index contributed by atoms with van der Waals surface area (Å²) in [6, 6.07) is 11.7. The number of carboxylic acids is 1. The van der Waals surface area contributed by atoms with Crippen LogP contribution in [0.4, 0.5) is 0 Å². The van der Waals surface area contributed by atoms with Crippen LogP contribution in [0.1, 0.15) is 28.1 Å². The smallest absolute Gasteiger partial charge is 0.308 e. The second kappa shape index (κ2) is 7.85. The summed E-state index contributed by atoms with van der Waals surface area (Å²) in [5, 5.41) is 11.3. The van der Waals surface area contributed by atoms with Gasteiger partial charge in [0.2, 0.25) is 0 Å². The second-order valence-electron chi connectivity index (χ2n) is 5.79. The Kier molecular flexibility index (Phi) is 5.58. The molecule has 0 radical (unpaired) electrons. The minimum atomic E-state index is -0.812. The van der Waals surface area contributed by atoms with Gasteiger partial charge < -0.3 is 10.0 Å². The monoisotopic (exact) mass is 361 g/mol. The zero-order valence-corrected chi connectivity index (χ0v) is 14.8. The molecular formula is C18H19NO3S2. The van der Waals surface area contributed by atoms with Crippen LogP contribution in [-0.2, 0) is 10.5 Å². The lowest BCUT2D eigenvalue weighted by atomic mass is 9.97. The lowest BCUT2D eigenvalue weighted by Gasteiger charge is -2.31. The van der Waals surface area contributed by atoms with E-state index in [1.165, 1.54) is 4.88 Å². The first-order valence-corrected chi connectivity index (χ1v) is 9.78. The first kappa shape index (κ1) is 17.0. The Bertz CT molecular complexity index is 715. The van der Waals surface area contributed by atoms with Gasteiger partial charge in [-0.05, 0) is 36.4 Å². The van der Waals surface area contributed by atoms with Gasteiger partial charge in [0.05, 0.1) is 11.5 Å². The molecule has 1 fully saturated rings.